The second-order valence-corrected chi connectivity index (χ2v) is 6.55. The van der Waals surface area contributed by atoms with Gasteiger partial charge in [0.25, 0.3) is 5.91 Å². The third-order valence-electron chi connectivity index (χ3n) is 3.27. The molecule has 0 aliphatic carbocycles. The maximum atomic E-state index is 11.9. The summed E-state index contributed by atoms with van der Waals surface area (Å²) in [4.78, 5) is 38.9. The number of carbonyl (C=O) groups excluding carboxylic acids is 3. The van der Waals surface area contributed by atoms with Gasteiger partial charge in [-0.15, -0.1) is 11.3 Å². The van der Waals surface area contributed by atoms with Gasteiger partial charge in [-0.3, -0.25) is 10.1 Å². The van der Waals surface area contributed by atoms with Crippen molar-refractivity contribution in [2.75, 3.05) is 13.2 Å². The van der Waals surface area contributed by atoms with Crippen molar-refractivity contribution in [2.24, 2.45) is 0 Å². The molecule has 0 spiro atoms. The zero-order chi connectivity index (χ0) is 19.6. The summed E-state index contributed by atoms with van der Waals surface area (Å²) >= 11 is 1.25. The molecule has 3 amide bonds. The quantitative estimate of drug-likeness (QED) is 0.670. The van der Waals surface area contributed by atoms with Crippen LogP contribution in [0.3, 0.4) is 0 Å². The number of benzene rings is 1. The molecular weight excluding hydrogens is 370 g/mol. The standard InChI is InChI=1S/C18H21N3O5S/c1-3-8-19-18(24)21-15(22)9-26-17(23)14-11-27-16(20-14)10-25-13-6-4-12(2)5-7-13/h4-7,11H,3,8-10H2,1-2H3,(H2,19,21,22,24). The predicted molar refractivity (Wildman–Crippen MR) is 99.7 cm³/mol. The van der Waals surface area contributed by atoms with Crippen LogP contribution in [-0.4, -0.2) is 36.0 Å². The number of carbonyl (C=O) groups is 3. The van der Waals surface area contributed by atoms with E-state index in [1.807, 2.05) is 38.1 Å². The lowest BCUT2D eigenvalue weighted by Gasteiger charge is -2.06. The van der Waals surface area contributed by atoms with Crippen LogP contribution in [-0.2, 0) is 16.1 Å². The molecule has 1 aromatic heterocycles. The molecule has 2 rings (SSSR count). The van der Waals surface area contributed by atoms with Gasteiger partial charge in [0.2, 0.25) is 0 Å². The molecule has 9 heteroatoms. The van der Waals surface area contributed by atoms with Gasteiger partial charge in [-0.2, -0.15) is 0 Å². The minimum Gasteiger partial charge on any atom is -0.486 e. The Morgan fingerprint density at radius 1 is 1.19 bits per heavy atom. The molecule has 0 aliphatic heterocycles. The molecule has 27 heavy (non-hydrogen) atoms. The van der Waals surface area contributed by atoms with Gasteiger partial charge in [-0.25, -0.2) is 14.6 Å². The second kappa shape index (κ2) is 10.3. The van der Waals surface area contributed by atoms with Crippen molar-refractivity contribution in [3.8, 4) is 5.75 Å². The number of nitrogens with zero attached hydrogens (tertiary/aromatic N) is 1. The summed E-state index contributed by atoms with van der Waals surface area (Å²) in [5.74, 6) is -0.745. The SMILES string of the molecule is CCCNC(=O)NC(=O)COC(=O)c1csc(COc2ccc(C)cc2)n1. The number of hydrogen-bond acceptors (Lipinski definition) is 7. The number of thiazole rings is 1. The van der Waals surface area contributed by atoms with Gasteiger partial charge in [0.05, 0.1) is 0 Å². The van der Waals surface area contributed by atoms with Gasteiger partial charge in [0, 0.05) is 11.9 Å². The highest BCUT2D eigenvalue weighted by molar-refractivity contribution is 7.09. The minimum absolute atomic E-state index is 0.0886. The van der Waals surface area contributed by atoms with Crippen LogP contribution >= 0.6 is 11.3 Å². The van der Waals surface area contributed by atoms with Crippen molar-refractivity contribution in [3.05, 3.63) is 45.9 Å². The first-order valence-electron chi connectivity index (χ1n) is 8.36. The van der Waals surface area contributed by atoms with E-state index in [-0.39, 0.29) is 12.3 Å². The number of nitrogens with one attached hydrogen (secondary N) is 2. The maximum absolute atomic E-state index is 11.9. The lowest BCUT2D eigenvalue weighted by atomic mass is 10.2. The summed E-state index contributed by atoms with van der Waals surface area (Å²) in [6.07, 6.45) is 0.746. The van der Waals surface area contributed by atoms with Crippen LogP contribution in [0.15, 0.2) is 29.6 Å². The average molecular weight is 391 g/mol. The van der Waals surface area contributed by atoms with E-state index >= 15 is 0 Å². The Hall–Kier alpha value is -2.94. The Bertz CT molecular complexity index is 789. The summed E-state index contributed by atoms with van der Waals surface area (Å²) in [5.41, 5.74) is 1.22. The maximum Gasteiger partial charge on any atom is 0.358 e. The molecule has 0 saturated carbocycles. The van der Waals surface area contributed by atoms with Gasteiger partial charge in [-0.1, -0.05) is 24.6 Å². The topological polar surface area (TPSA) is 107 Å². The fourth-order valence-corrected chi connectivity index (χ4v) is 2.58. The number of ether oxygens (including phenoxy) is 2. The van der Waals surface area contributed by atoms with Crippen LogP contribution in [0.25, 0.3) is 0 Å². The smallest absolute Gasteiger partial charge is 0.358 e. The molecule has 0 aliphatic rings. The number of amides is 3. The lowest BCUT2D eigenvalue weighted by molar-refractivity contribution is -0.123. The number of urea groups is 1. The molecule has 1 heterocycles. The van der Waals surface area contributed by atoms with Gasteiger partial charge in [-0.05, 0) is 25.5 Å². The predicted octanol–water partition coefficient (Wildman–Crippen LogP) is 2.42. The van der Waals surface area contributed by atoms with E-state index in [1.54, 1.807) is 0 Å². The van der Waals surface area contributed by atoms with Crippen LogP contribution in [0, 0.1) is 6.92 Å². The highest BCUT2D eigenvalue weighted by Gasteiger charge is 2.15. The molecule has 2 N–H and O–H groups in total. The normalized spacial score (nSPS) is 10.1. The van der Waals surface area contributed by atoms with Crippen LogP contribution in [0.2, 0.25) is 0 Å². The Kier molecular flexibility index (Phi) is 7.75. The van der Waals surface area contributed by atoms with Gasteiger partial charge in [0.1, 0.15) is 17.4 Å². The van der Waals surface area contributed by atoms with E-state index in [0.717, 1.165) is 12.0 Å². The molecule has 0 fully saturated rings. The zero-order valence-corrected chi connectivity index (χ0v) is 15.9. The van der Waals surface area contributed by atoms with Crippen molar-refractivity contribution in [1.82, 2.24) is 15.6 Å². The van der Waals surface area contributed by atoms with E-state index in [0.29, 0.717) is 17.3 Å². The molecule has 8 nitrogen and oxygen atoms in total. The molecule has 0 atom stereocenters. The summed E-state index contributed by atoms with van der Waals surface area (Å²) < 4.78 is 10.5. The first kappa shape index (κ1) is 20.4. The highest BCUT2D eigenvalue weighted by atomic mass is 32.1. The van der Waals surface area contributed by atoms with Crippen LogP contribution < -0.4 is 15.4 Å². The minimum atomic E-state index is -0.739. The van der Waals surface area contributed by atoms with Gasteiger partial charge >= 0.3 is 12.0 Å². The van der Waals surface area contributed by atoms with Crippen molar-refractivity contribution in [2.45, 2.75) is 26.9 Å². The van der Waals surface area contributed by atoms with Crippen molar-refractivity contribution in [1.29, 1.82) is 0 Å². The number of aromatic nitrogens is 1. The average Bonchev–Trinajstić information content (AvgIpc) is 3.13. The Morgan fingerprint density at radius 3 is 2.63 bits per heavy atom. The van der Waals surface area contributed by atoms with E-state index < -0.39 is 24.5 Å². The number of aryl methyl sites for hydroxylation is 1. The highest BCUT2D eigenvalue weighted by Crippen LogP contribution is 2.16. The summed E-state index contributed by atoms with van der Waals surface area (Å²) in [6.45, 7) is 3.98. The molecule has 144 valence electrons. The van der Waals surface area contributed by atoms with Crippen LogP contribution in [0.5, 0.6) is 5.75 Å². The first-order valence-corrected chi connectivity index (χ1v) is 9.24. The zero-order valence-electron chi connectivity index (χ0n) is 15.1. The molecule has 2 aromatic rings. The third-order valence-corrected chi connectivity index (χ3v) is 4.09. The molecule has 0 saturated heterocycles. The third kappa shape index (κ3) is 7.06. The molecule has 0 bridgehead atoms. The van der Waals surface area contributed by atoms with E-state index in [4.69, 9.17) is 9.47 Å². The molecule has 1 aromatic carbocycles. The Morgan fingerprint density at radius 2 is 1.93 bits per heavy atom. The Balaban J connectivity index is 1.76. The van der Waals surface area contributed by atoms with Crippen LogP contribution in [0.4, 0.5) is 4.79 Å². The first-order chi connectivity index (χ1) is 13.0. The van der Waals surface area contributed by atoms with Gasteiger partial charge < -0.3 is 14.8 Å². The second-order valence-electron chi connectivity index (χ2n) is 5.61. The van der Waals surface area contributed by atoms with Crippen molar-refractivity contribution in [3.63, 3.8) is 0 Å². The monoisotopic (exact) mass is 391 g/mol. The molecule has 0 unspecified atom stereocenters. The number of hydrogen-bond donors (Lipinski definition) is 2. The fraction of sp³-hybridized carbons (Fsp3) is 0.333. The fourth-order valence-electron chi connectivity index (χ4n) is 1.90. The van der Waals surface area contributed by atoms with E-state index in [9.17, 15) is 14.4 Å². The summed E-state index contributed by atoms with van der Waals surface area (Å²) in [5, 5.41) is 6.68. The van der Waals surface area contributed by atoms with Crippen molar-refractivity contribution >= 4 is 29.2 Å². The van der Waals surface area contributed by atoms with Crippen molar-refractivity contribution < 1.29 is 23.9 Å². The van der Waals surface area contributed by atoms with Gasteiger partial charge in [0.15, 0.2) is 12.3 Å². The van der Waals surface area contributed by atoms with Crippen LogP contribution in [0.1, 0.15) is 34.4 Å². The molecular formula is C18H21N3O5S. The van der Waals surface area contributed by atoms with E-state index in [1.165, 1.54) is 16.7 Å². The molecule has 0 radical (unpaired) electrons. The summed E-state index contributed by atoms with van der Waals surface area (Å²) in [6, 6.07) is 6.96. The van der Waals surface area contributed by atoms with E-state index in [2.05, 4.69) is 15.6 Å². The lowest BCUT2D eigenvalue weighted by Crippen LogP contribution is -2.41. The number of imide groups is 1. The number of rotatable bonds is 8. The summed E-state index contributed by atoms with van der Waals surface area (Å²) in [7, 11) is 0. The largest absolute Gasteiger partial charge is 0.486 e. The number of esters is 1. The Labute approximate surface area is 160 Å².